The molecule has 1 saturated carbocycles. The molecule has 0 bridgehead atoms. The van der Waals surface area contributed by atoms with Crippen molar-refractivity contribution in [3.8, 4) is 16.9 Å². The first-order valence-electron chi connectivity index (χ1n) is 14.4. The summed E-state index contributed by atoms with van der Waals surface area (Å²) in [6, 6.07) is 11.5. The number of benzene rings is 2. The molecule has 0 spiro atoms. The fourth-order valence-electron chi connectivity index (χ4n) is 5.71. The number of hydrogen-bond donors (Lipinski definition) is 1. The van der Waals surface area contributed by atoms with Crippen LogP contribution in [0, 0.1) is 11.8 Å². The molecule has 0 saturated heterocycles. The highest BCUT2D eigenvalue weighted by Gasteiger charge is 2.39. The SMILES string of the molecule is C[C@@H]1CN([C@H](C)CO)S(=O)(=O)c2ccc(-c3ccc(C(=O)N(C)C)cc3)cc2O[C@@H]1CN(C)C(=O)C1CCCCC1. The van der Waals surface area contributed by atoms with Crippen molar-refractivity contribution in [2.45, 2.75) is 63.0 Å². The van der Waals surface area contributed by atoms with Gasteiger partial charge in [-0.1, -0.05) is 44.4 Å². The first-order chi connectivity index (χ1) is 19.4. The molecule has 10 heteroatoms. The standard InChI is InChI=1S/C31H43N3O6S/c1-21-18-34(22(2)20-35)41(38,39)29-16-15-26(23-11-13-25(14-12-23)30(36)32(3)4)17-27(29)40-28(21)19-33(5)31(37)24-9-7-6-8-10-24/h11-17,21-22,24,28,35H,6-10,18-20H2,1-5H3/t21-,22-,28-/m1/s1. The maximum absolute atomic E-state index is 13.8. The summed E-state index contributed by atoms with van der Waals surface area (Å²) in [7, 11) is 1.21. The van der Waals surface area contributed by atoms with Gasteiger partial charge in [0, 0.05) is 51.1 Å². The summed E-state index contributed by atoms with van der Waals surface area (Å²) < 4.78 is 35.5. The number of likely N-dealkylation sites (N-methyl/N-ethyl adjacent to an activating group) is 1. The molecule has 1 aliphatic carbocycles. The topological polar surface area (TPSA) is 107 Å². The third-order valence-electron chi connectivity index (χ3n) is 8.32. The summed E-state index contributed by atoms with van der Waals surface area (Å²) in [6.07, 6.45) is 4.62. The van der Waals surface area contributed by atoms with Crippen molar-refractivity contribution in [3.05, 3.63) is 48.0 Å². The van der Waals surface area contributed by atoms with E-state index in [4.69, 9.17) is 4.74 Å². The maximum atomic E-state index is 13.8. The van der Waals surface area contributed by atoms with Crippen molar-refractivity contribution >= 4 is 21.8 Å². The Morgan fingerprint density at radius 2 is 1.66 bits per heavy atom. The monoisotopic (exact) mass is 585 g/mol. The summed E-state index contributed by atoms with van der Waals surface area (Å²) in [6.45, 7) is 3.77. The van der Waals surface area contributed by atoms with Gasteiger partial charge in [-0.05, 0) is 55.2 Å². The van der Waals surface area contributed by atoms with Gasteiger partial charge in [0.25, 0.3) is 5.91 Å². The van der Waals surface area contributed by atoms with E-state index in [9.17, 15) is 23.1 Å². The average molecular weight is 586 g/mol. The number of carbonyl (C=O) groups is 2. The molecule has 1 heterocycles. The van der Waals surface area contributed by atoms with E-state index < -0.39 is 22.2 Å². The van der Waals surface area contributed by atoms with Crippen LogP contribution in [0.5, 0.6) is 5.75 Å². The van der Waals surface area contributed by atoms with Crippen LogP contribution >= 0.6 is 0 Å². The zero-order chi connectivity index (χ0) is 29.9. The fraction of sp³-hybridized carbons (Fsp3) is 0.548. The number of rotatable bonds is 7. The number of ether oxygens (including phenoxy) is 1. The van der Waals surface area contributed by atoms with E-state index >= 15 is 0 Å². The van der Waals surface area contributed by atoms with Crippen molar-refractivity contribution < 1.29 is 27.9 Å². The molecular formula is C31H43N3O6S. The van der Waals surface area contributed by atoms with Crippen LogP contribution in [0.1, 0.15) is 56.3 Å². The highest BCUT2D eigenvalue weighted by atomic mass is 32.2. The normalized spacial score (nSPS) is 22.0. The number of carbonyl (C=O) groups excluding carboxylic acids is 2. The molecular weight excluding hydrogens is 542 g/mol. The van der Waals surface area contributed by atoms with E-state index in [1.165, 1.54) is 9.21 Å². The van der Waals surface area contributed by atoms with Crippen molar-refractivity contribution in [1.29, 1.82) is 0 Å². The van der Waals surface area contributed by atoms with Gasteiger partial charge in [-0.2, -0.15) is 4.31 Å². The second kappa shape index (κ2) is 12.9. The van der Waals surface area contributed by atoms with Gasteiger partial charge in [-0.3, -0.25) is 9.59 Å². The van der Waals surface area contributed by atoms with E-state index in [0.717, 1.165) is 43.2 Å². The van der Waals surface area contributed by atoms with E-state index in [0.29, 0.717) is 12.1 Å². The van der Waals surface area contributed by atoms with Crippen LogP contribution in [-0.2, 0) is 14.8 Å². The lowest BCUT2D eigenvalue weighted by Gasteiger charge is -2.38. The van der Waals surface area contributed by atoms with E-state index in [-0.39, 0.29) is 47.4 Å². The minimum absolute atomic E-state index is 0.0186. The molecule has 2 aliphatic rings. The van der Waals surface area contributed by atoms with Gasteiger partial charge in [0.15, 0.2) is 0 Å². The van der Waals surface area contributed by atoms with Crippen LogP contribution in [0.2, 0.25) is 0 Å². The zero-order valence-corrected chi connectivity index (χ0v) is 25.6. The quantitative estimate of drug-likeness (QED) is 0.529. The molecule has 2 aromatic rings. The number of amides is 2. The summed E-state index contributed by atoms with van der Waals surface area (Å²) in [4.78, 5) is 28.9. The lowest BCUT2D eigenvalue weighted by molar-refractivity contribution is -0.136. The van der Waals surface area contributed by atoms with E-state index in [1.807, 2.05) is 19.1 Å². The fourth-order valence-corrected chi connectivity index (χ4v) is 7.53. The number of fused-ring (bicyclic) bond motifs is 1. The van der Waals surface area contributed by atoms with Gasteiger partial charge in [0.1, 0.15) is 16.7 Å². The van der Waals surface area contributed by atoms with E-state index in [1.54, 1.807) is 63.3 Å². The third-order valence-corrected chi connectivity index (χ3v) is 10.3. The van der Waals surface area contributed by atoms with Gasteiger partial charge in [-0.15, -0.1) is 0 Å². The van der Waals surface area contributed by atoms with Crippen LogP contribution in [-0.4, -0.2) is 92.4 Å². The number of hydrogen-bond acceptors (Lipinski definition) is 6. The van der Waals surface area contributed by atoms with Crippen LogP contribution in [0.3, 0.4) is 0 Å². The molecule has 41 heavy (non-hydrogen) atoms. The summed E-state index contributed by atoms with van der Waals surface area (Å²) in [5, 5.41) is 9.92. The van der Waals surface area contributed by atoms with Crippen LogP contribution < -0.4 is 4.74 Å². The largest absolute Gasteiger partial charge is 0.487 e. The summed E-state index contributed by atoms with van der Waals surface area (Å²) >= 11 is 0. The molecule has 1 N–H and O–H groups in total. The molecule has 2 amide bonds. The minimum atomic E-state index is -3.98. The first-order valence-corrected chi connectivity index (χ1v) is 15.9. The maximum Gasteiger partial charge on any atom is 0.253 e. The predicted molar refractivity (Wildman–Crippen MR) is 158 cm³/mol. The third kappa shape index (κ3) is 6.76. The molecule has 0 unspecified atom stereocenters. The van der Waals surface area contributed by atoms with Crippen LogP contribution in [0.25, 0.3) is 11.1 Å². The summed E-state index contributed by atoms with van der Waals surface area (Å²) in [5.41, 5.74) is 2.10. The Hall–Kier alpha value is -2.95. The van der Waals surface area contributed by atoms with Crippen molar-refractivity contribution in [1.82, 2.24) is 14.1 Å². The number of aliphatic hydroxyl groups is 1. The van der Waals surface area contributed by atoms with Crippen LogP contribution in [0.15, 0.2) is 47.4 Å². The zero-order valence-electron chi connectivity index (χ0n) is 24.7. The Morgan fingerprint density at radius 1 is 1.02 bits per heavy atom. The van der Waals surface area contributed by atoms with Gasteiger partial charge in [-0.25, -0.2) is 8.42 Å². The second-order valence-corrected chi connectivity index (χ2v) is 13.6. The molecule has 0 aromatic heterocycles. The Labute approximate surface area is 244 Å². The van der Waals surface area contributed by atoms with Gasteiger partial charge >= 0.3 is 0 Å². The number of sulfonamides is 1. The van der Waals surface area contributed by atoms with Gasteiger partial charge < -0.3 is 19.6 Å². The second-order valence-electron chi connectivity index (χ2n) is 11.7. The Morgan fingerprint density at radius 3 is 2.27 bits per heavy atom. The van der Waals surface area contributed by atoms with Gasteiger partial charge in [0.05, 0.1) is 13.2 Å². The lowest BCUT2D eigenvalue weighted by atomic mass is 9.88. The highest BCUT2D eigenvalue weighted by molar-refractivity contribution is 7.89. The lowest BCUT2D eigenvalue weighted by Crippen LogP contribution is -2.50. The molecule has 3 atom stereocenters. The number of aliphatic hydroxyl groups excluding tert-OH is 1. The predicted octanol–water partition coefficient (Wildman–Crippen LogP) is 3.86. The molecule has 4 rings (SSSR count). The van der Waals surface area contributed by atoms with Gasteiger partial charge in [0.2, 0.25) is 15.9 Å². The minimum Gasteiger partial charge on any atom is -0.487 e. The van der Waals surface area contributed by atoms with Crippen molar-refractivity contribution in [3.63, 3.8) is 0 Å². The van der Waals surface area contributed by atoms with E-state index in [2.05, 4.69) is 0 Å². The van der Waals surface area contributed by atoms with Crippen molar-refractivity contribution in [2.75, 3.05) is 40.8 Å². The smallest absolute Gasteiger partial charge is 0.253 e. The molecule has 224 valence electrons. The number of nitrogens with zero attached hydrogens (tertiary/aromatic N) is 3. The molecule has 0 radical (unpaired) electrons. The Kier molecular flexibility index (Phi) is 9.77. The van der Waals surface area contributed by atoms with Crippen LogP contribution in [0.4, 0.5) is 0 Å². The highest BCUT2D eigenvalue weighted by Crippen LogP contribution is 2.37. The molecule has 1 aliphatic heterocycles. The summed E-state index contributed by atoms with van der Waals surface area (Å²) in [5.74, 6) is -0.0251. The molecule has 9 nitrogen and oxygen atoms in total. The van der Waals surface area contributed by atoms with Crippen molar-refractivity contribution in [2.24, 2.45) is 11.8 Å². The Balaban J connectivity index is 1.70. The first kappa shape index (κ1) is 31.0. The Bertz CT molecular complexity index is 1340. The average Bonchev–Trinajstić information content (AvgIpc) is 2.97. The molecule has 2 aromatic carbocycles. The molecule has 1 fully saturated rings.